The lowest BCUT2D eigenvalue weighted by Crippen LogP contribution is -2.40. The third-order valence-corrected chi connectivity index (χ3v) is 3.86. The van der Waals surface area contributed by atoms with Crippen molar-refractivity contribution in [3.63, 3.8) is 0 Å². The molecule has 0 atom stereocenters. The number of amides is 1. The van der Waals surface area contributed by atoms with Gasteiger partial charge in [0, 0.05) is 26.7 Å². The molecule has 1 heterocycles. The second-order valence-electron chi connectivity index (χ2n) is 5.32. The highest BCUT2D eigenvalue weighted by atomic mass is 19.1. The lowest BCUT2D eigenvalue weighted by atomic mass is 10.1. The van der Waals surface area contributed by atoms with E-state index in [9.17, 15) is 9.18 Å². The van der Waals surface area contributed by atoms with Crippen molar-refractivity contribution in [2.75, 3.05) is 32.1 Å². The maximum atomic E-state index is 14.0. The van der Waals surface area contributed by atoms with Gasteiger partial charge >= 0.3 is 0 Å². The molecule has 116 valence electrons. The number of methoxy groups -OCH3 is 1. The van der Waals surface area contributed by atoms with Gasteiger partial charge in [-0.3, -0.25) is 4.79 Å². The molecule has 0 radical (unpaired) electrons. The minimum Gasteiger partial charge on any atom is -0.382 e. The van der Waals surface area contributed by atoms with E-state index in [1.807, 2.05) is 6.92 Å². The van der Waals surface area contributed by atoms with Crippen LogP contribution in [-0.4, -0.2) is 43.7 Å². The van der Waals surface area contributed by atoms with E-state index in [-0.39, 0.29) is 17.8 Å². The van der Waals surface area contributed by atoms with Gasteiger partial charge in [-0.25, -0.2) is 4.39 Å². The number of likely N-dealkylation sites (tertiary alicyclic amines) is 1. The molecule has 0 aromatic heterocycles. The highest BCUT2D eigenvalue weighted by Gasteiger charge is 2.25. The zero-order valence-electron chi connectivity index (χ0n) is 12.7. The average Bonchev–Trinajstić information content (AvgIpc) is 2.53. The maximum absolute atomic E-state index is 14.0. The molecule has 5 heteroatoms. The van der Waals surface area contributed by atoms with E-state index in [0.29, 0.717) is 30.9 Å². The molecule has 1 saturated heterocycles. The molecule has 0 saturated carbocycles. The van der Waals surface area contributed by atoms with Gasteiger partial charge in [0.25, 0.3) is 5.91 Å². The number of piperidine rings is 1. The first-order valence-corrected chi connectivity index (χ1v) is 7.51. The van der Waals surface area contributed by atoms with Crippen molar-refractivity contribution in [2.45, 2.75) is 32.3 Å². The lowest BCUT2D eigenvalue weighted by molar-refractivity contribution is 0.0351. The van der Waals surface area contributed by atoms with Gasteiger partial charge in [0.2, 0.25) is 0 Å². The fourth-order valence-corrected chi connectivity index (χ4v) is 2.60. The molecule has 4 nitrogen and oxygen atoms in total. The van der Waals surface area contributed by atoms with Gasteiger partial charge in [-0.2, -0.15) is 0 Å². The summed E-state index contributed by atoms with van der Waals surface area (Å²) >= 11 is 0. The van der Waals surface area contributed by atoms with Crippen LogP contribution in [0.3, 0.4) is 0 Å². The Morgan fingerprint density at radius 3 is 2.76 bits per heavy atom. The largest absolute Gasteiger partial charge is 0.382 e. The molecule has 0 aliphatic carbocycles. The Morgan fingerprint density at radius 2 is 2.14 bits per heavy atom. The van der Waals surface area contributed by atoms with E-state index in [0.717, 1.165) is 19.3 Å². The van der Waals surface area contributed by atoms with Crippen molar-refractivity contribution < 1.29 is 13.9 Å². The molecule has 0 spiro atoms. The summed E-state index contributed by atoms with van der Waals surface area (Å²) in [6.45, 7) is 3.96. The van der Waals surface area contributed by atoms with Gasteiger partial charge < -0.3 is 15.0 Å². The minimum atomic E-state index is -0.374. The zero-order chi connectivity index (χ0) is 15.2. The summed E-state index contributed by atoms with van der Waals surface area (Å²) in [4.78, 5) is 14.4. The Hall–Kier alpha value is -1.62. The van der Waals surface area contributed by atoms with Crippen molar-refractivity contribution in [1.82, 2.24) is 4.90 Å². The number of carbonyl (C=O) groups excluding carboxylic acids is 1. The number of nitrogens with one attached hydrogen (secondary N) is 1. The van der Waals surface area contributed by atoms with Crippen LogP contribution in [0.25, 0.3) is 0 Å². The zero-order valence-corrected chi connectivity index (χ0v) is 12.7. The number of para-hydroxylation sites is 1. The molecule has 1 aromatic carbocycles. The van der Waals surface area contributed by atoms with E-state index < -0.39 is 0 Å². The first-order chi connectivity index (χ1) is 10.2. The number of nitrogens with zero attached hydrogens (tertiary/aromatic N) is 1. The van der Waals surface area contributed by atoms with Gasteiger partial charge in [-0.1, -0.05) is 13.0 Å². The van der Waals surface area contributed by atoms with Crippen LogP contribution in [0, 0.1) is 5.82 Å². The van der Waals surface area contributed by atoms with Gasteiger partial charge in [0.05, 0.1) is 17.4 Å². The van der Waals surface area contributed by atoms with Crippen LogP contribution < -0.4 is 5.32 Å². The number of anilines is 1. The van der Waals surface area contributed by atoms with Gasteiger partial charge in [-0.15, -0.1) is 0 Å². The Balaban J connectivity index is 2.13. The van der Waals surface area contributed by atoms with Crippen LogP contribution in [0.2, 0.25) is 0 Å². The highest BCUT2D eigenvalue weighted by Crippen LogP contribution is 2.23. The molecular formula is C16H23FN2O2. The van der Waals surface area contributed by atoms with Crippen LogP contribution in [0.4, 0.5) is 10.1 Å². The predicted octanol–water partition coefficient (Wildman–Crippen LogP) is 2.90. The monoisotopic (exact) mass is 294 g/mol. The number of carbonyl (C=O) groups is 1. The predicted molar refractivity (Wildman–Crippen MR) is 81.1 cm³/mol. The van der Waals surface area contributed by atoms with Crippen LogP contribution in [0.15, 0.2) is 18.2 Å². The Kier molecular flexibility index (Phi) is 5.56. The number of halogens is 1. The smallest absolute Gasteiger partial charge is 0.256 e. The van der Waals surface area contributed by atoms with Gasteiger partial charge in [-0.05, 0) is 31.4 Å². The number of hydrogen-bond acceptors (Lipinski definition) is 3. The maximum Gasteiger partial charge on any atom is 0.256 e. The minimum absolute atomic E-state index is 0.109. The molecule has 21 heavy (non-hydrogen) atoms. The van der Waals surface area contributed by atoms with E-state index in [4.69, 9.17) is 4.74 Å². The number of benzene rings is 1. The molecular weight excluding hydrogens is 271 g/mol. The first kappa shape index (κ1) is 15.8. The summed E-state index contributed by atoms with van der Waals surface area (Å²) in [6.07, 6.45) is 2.76. The van der Waals surface area contributed by atoms with Crippen molar-refractivity contribution in [1.29, 1.82) is 0 Å². The average molecular weight is 294 g/mol. The van der Waals surface area contributed by atoms with Crippen molar-refractivity contribution >= 4 is 11.6 Å². The summed E-state index contributed by atoms with van der Waals surface area (Å²) in [5, 5.41) is 3.02. The molecule has 1 aliphatic heterocycles. The van der Waals surface area contributed by atoms with Crippen LogP contribution in [0.1, 0.15) is 36.5 Å². The molecule has 1 fully saturated rings. The number of rotatable bonds is 5. The van der Waals surface area contributed by atoms with Crippen molar-refractivity contribution in [2.24, 2.45) is 0 Å². The second-order valence-corrected chi connectivity index (χ2v) is 5.32. The molecule has 1 aliphatic rings. The van der Waals surface area contributed by atoms with Crippen LogP contribution in [0.5, 0.6) is 0 Å². The normalized spacial score (nSPS) is 16.0. The van der Waals surface area contributed by atoms with Gasteiger partial charge in [0.15, 0.2) is 0 Å². The fourth-order valence-electron chi connectivity index (χ4n) is 2.60. The highest BCUT2D eigenvalue weighted by molar-refractivity contribution is 5.99. The van der Waals surface area contributed by atoms with E-state index in [2.05, 4.69) is 5.32 Å². The SMILES string of the molecule is CCCNc1c(F)cccc1C(=O)N1CCC(OC)CC1. The Labute approximate surface area is 125 Å². The van der Waals surface area contributed by atoms with Crippen molar-refractivity contribution in [3.05, 3.63) is 29.6 Å². The van der Waals surface area contributed by atoms with Crippen LogP contribution >= 0.6 is 0 Å². The second kappa shape index (κ2) is 7.41. The quantitative estimate of drug-likeness (QED) is 0.908. The summed E-state index contributed by atoms with van der Waals surface area (Å²) in [5.41, 5.74) is 0.734. The van der Waals surface area contributed by atoms with Crippen molar-refractivity contribution in [3.8, 4) is 0 Å². The molecule has 1 amide bonds. The Morgan fingerprint density at radius 1 is 1.43 bits per heavy atom. The Bertz CT molecular complexity index is 485. The third kappa shape index (κ3) is 3.73. The fraction of sp³-hybridized carbons (Fsp3) is 0.562. The topological polar surface area (TPSA) is 41.6 Å². The summed E-state index contributed by atoms with van der Waals surface area (Å²) in [5.74, 6) is -0.483. The summed E-state index contributed by atoms with van der Waals surface area (Å²) in [6, 6.07) is 4.65. The molecule has 0 bridgehead atoms. The number of ether oxygens (including phenoxy) is 1. The molecule has 2 rings (SSSR count). The number of hydrogen-bond donors (Lipinski definition) is 1. The van der Waals surface area contributed by atoms with E-state index in [1.54, 1.807) is 24.1 Å². The van der Waals surface area contributed by atoms with E-state index >= 15 is 0 Å². The summed E-state index contributed by atoms with van der Waals surface area (Å²) in [7, 11) is 1.70. The van der Waals surface area contributed by atoms with Crippen LogP contribution in [-0.2, 0) is 4.74 Å². The third-order valence-electron chi connectivity index (χ3n) is 3.86. The molecule has 1 aromatic rings. The van der Waals surface area contributed by atoms with E-state index in [1.165, 1.54) is 6.07 Å². The lowest BCUT2D eigenvalue weighted by Gasteiger charge is -2.31. The molecule has 1 N–H and O–H groups in total. The van der Waals surface area contributed by atoms with Gasteiger partial charge in [0.1, 0.15) is 5.82 Å². The molecule has 0 unspecified atom stereocenters. The first-order valence-electron chi connectivity index (χ1n) is 7.51. The summed E-state index contributed by atoms with van der Waals surface area (Å²) < 4.78 is 19.3. The standard InChI is InChI=1S/C16H23FN2O2/c1-3-9-18-15-13(5-4-6-14(15)17)16(20)19-10-7-12(21-2)8-11-19/h4-6,12,18H,3,7-11H2,1-2H3.